The number of nitriles is 1. The number of rotatable bonds is 7. The van der Waals surface area contributed by atoms with Crippen LogP contribution in [0.15, 0.2) is 18.2 Å². The van der Waals surface area contributed by atoms with Crippen LogP contribution in [0.4, 0.5) is 5.69 Å². The minimum absolute atomic E-state index is 0.138. The highest BCUT2D eigenvalue weighted by molar-refractivity contribution is 5.77. The van der Waals surface area contributed by atoms with Crippen LogP contribution >= 0.6 is 0 Å². The Bertz CT molecular complexity index is 1030. The lowest BCUT2D eigenvalue weighted by Gasteiger charge is -2.43. The first kappa shape index (κ1) is 26.0. The average Bonchev–Trinajstić information content (AvgIpc) is 2.75. The number of benzene rings is 1. The quantitative estimate of drug-likeness (QED) is 0.227. The summed E-state index contributed by atoms with van der Waals surface area (Å²) in [5.41, 5.74) is -0.836. The highest BCUT2D eigenvalue weighted by Crippen LogP contribution is 2.32. The summed E-state index contributed by atoms with van der Waals surface area (Å²) in [5.74, 6) is -3.76. The van der Waals surface area contributed by atoms with E-state index in [1.807, 2.05) is 0 Å². The third-order valence-electron chi connectivity index (χ3n) is 4.37. The minimum Gasteiger partial charge on any atom is -0.467 e. The van der Waals surface area contributed by atoms with E-state index in [1.54, 1.807) is 6.07 Å². The van der Waals surface area contributed by atoms with Gasteiger partial charge in [0.15, 0.2) is 18.3 Å². The van der Waals surface area contributed by atoms with Gasteiger partial charge in [-0.15, -0.1) is 0 Å². The number of nitrogens with zero attached hydrogens (tertiary/aromatic N) is 2. The molecule has 1 aromatic carbocycles. The van der Waals surface area contributed by atoms with Crippen molar-refractivity contribution in [3.8, 4) is 11.8 Å². The van der Waals surface area contributed by atoms with Crippen molar-refractivity contribution in [2.24, 2.45) is 0 Å². The largest absolute Gasteiger partial charge is 0.467 e. The summed E-state index contributed by atoms with van der Waals surface area (Å²) in [5, 5.41) is 20.3. The molecule has 0 saturated carbocycles. The topological polar surface area (TPSA) is 191 Å². The van der Waals surface area contributed by atoms with Gasteiger partial charge >= 0.3 is 23.9 Å². The molecule has 1 saturated heterocycles. The Balaban J connectivity index is 2.55. The van der Waals surface area contributed by atoms with Crippen LogP contribution in [-0.4, -0.2) is 66.6 Å². The van der Waals surface area contributed by atoms with Crippen molar-refractivity contribution < 1.29 is 52.5 Å². The lowest BCUT2D eigenvalue weighted by Crippen LogP contribution is -2.64. The van der Waals surface area contributed by atoms with Crippen LogP contribution in [0.5, 0.6) is 5.75 Å². The molecular weight excluding hydrogens is 460 g/mol. The van der Waals surface area contributed by atoms with Crippen molar-refractivity contribution in [2.75, 3.05) is 7.11 Å². The number of esters is 4. The van der Waals surface area contributed by atoms with Gasteiger partial charge in [0, 0.05) is 32.9 Å². The molecular formula is C20H20N2O12. The van der Waals surface area contributed by atoms with E-state index in [0.717, 1.165) is 46.1 Å². The van der Waals surface area contributed by atoms with Gasteiger partial charge in [0.2, 0.25) is 12.4 Å². The third kappa shape index (κ3) is 6.17. The molecule has 1 fully saturated rings. The molecule has 1 heterocycles. The molecule has 0 spiro atoms. The zero-order valence-corrected chi connectivity index (χ0v) is 18.4. The molecule has 0 unspecified atom stereocenters. The number of hydrogen-bond donors (Lipinski definition) is 0. The van der Waals surface area contributed by atoms with Crippen molar-refractivity contribution in [1.29, 1.82) is 5.26 Å². The smallest absolute Gasteiger partial charge is 0.339 e. The molecule has 0 amide bonds. The van der Waals surface area contributed by atoms with Gasteiger partial charge in [-0.1, -0.05) is 0 Å². The fourth-order valence-corrected chi connectivity index (χ4v) is 3.15. The van der Waals surface area contributed by atoms with Gasteiger partial charge in [0.25, 0.3) is 5.69 Å². The Labute approximate surface area is 192 Å². The van der Waals surface area contributed by atoms with Crippen molar-refractivity contribution in [2.45, 2.75) is 51.5 Å². The maximum Gasteiger partial charge on any atom is 0.339 e. The number of carbonyl (C=O) groups is 4. The number of nitro benzene ring substituents is 1. The molecule has 0 aliphatic carbocycles. The van der Waals surface area contributed by atoms with Gasteiger partial charge in [0.05, 0.1) is 12.0 Å². The van der Waals surface area contributed by atoms with Crippen molar-refractivity contribution in [3.63, 3.8) is 0 Å². The average molecular weight is 480 g/mol. The molecule has 1 aromatic rings. The zero-order valence-electron chi connectivity index (χ0n) is 18.4. The predicted molar refractivity (Wildman–Crippen MR) is 106 cm³/mol. The van der Waals surface area contributed by atoms with Crippen LogP contribution in [0.25, 0.3) is 0 Å². The van der Waals surface area contributed by atoms with Gasteiger partial charge in [-0.3, -0.25) is 24.5 Å². The van der Waals surface area contributed by atoms with Gasteiger partial charge in [-0.05, 0) is 6.07 Å². The SMILES string of the molecule is COC(=O)[C@H]1O[C@@H](Oc2ccc([N+](=O)[O-])c(C#N)c2)[C@H](OC(C)=O)[C@@H](OC(C)=O)[C@@H]1OC(C)=O. The fraction of sp³-hybridized carbons (Fsp3) is 0.450. The predicted octanol–water partition coefficient (Wildman–Crippen LogP) is 0.538. The summed E-state index contributed by atoms with van der Waals surface area (Å²) in [6.07, 6.45) is -8.04. The Morgan fingerprint density at radius 1 is 1.00 bits per heavy atom. The van der Waals surface area contributed by atoms with E-state index in [4.69, 9.17) is 23.7 Å². The Morgan fingerprint density at radius 3 is 2.06 bits per heavy atom. The molecule has 0 radical (unpaired) electrons. The maximum absolute atomic E-state index is 12.4. The molecule has 1 aliphatic heterocycles. The van der Waals surface area contributed by atoms with Crippen molar-refractivity contribution in [1.82, 2.24) is 0 Å². The van der Waals surface area contributed by atoms with Gasteiger partial charge in [-0.2, -0.15) is 5.26 Å². The second-order valence-electron chi connectivity index (χ2n) is 6.84. The number of methoxy groups -OCH3 is 1. The molecule has 5 atom stereocenters. The summed E-state index contributed by atoms with van der Waals surface area (Å²) >= 11 is 0. The fourth-order valence-electron chi connectivity index (χ4n) is 3.15. The molecule has 182 valence electrons. The van der Waals surface area contributed by atoms with Crippen molar-refractivity contribution in [3.05, 3.63) is 33.9 Å². The summed E-state index contributed by atoms with van der Waals surface area (Å²) in [7, 11) is 1.03. The van der Waals surface area contributed by atoms with Crippen LogP contribution in [-0.2, 0) is 42.9 Å². The van der Waals surface area contributed by atoms with E-state index in [9.17, 15) is 34.6 Å². The second kappa shape index (κ2) is 11.1. The Kier molecular flexibility index (Phi) is 8.46. The van der Waals surface area contributed by atoms with E-state index in [1.165, 1.54) is 0 Å². The standard InChI is InChI=1S/C20H20N2O12/c1-9(23)30-15-16(31-10(2)24)18(32-11(3)25)20(34-17(15)19(26)29-4)33-13-5-6-14(22(27)28)12(7-13)8-21/h5-7,15-18,20H,1-4H3/t15-,16-,17-,18+,20+/m0/s1. The highest BCUT2D eigenvalue weighted by Gasteiger charge is 2.55. The lowest BCUT2D eigenvalue weighted by molar-refractivity contribution is -0.385. The number of nitro groups is 1. The maximum atomic E-state index is 12.4. The highest BCUT2D eigenvalue weighted by atomic mass is 16.7. The van der Waals surface area contributed by atoms with Crippen LogP contribution in [0.2, 0.25) is 0 Å². The van der Waals surface area contributed by atoms with E-state index < -0.39 is 65.2 Å². The second-order valence-corrected chi connectivity index (χ2v) is 6.84. The van der Waals surface area contributed by atoms with E-state index >= 15 is 0 Å². The first-order chi connectivity index (χ1) is 16.0. The van der Waals surface area contributed by atoms with Crippen LogP contribution in [0, 0.1) is 21.4 Å². The molecule has 2 rings (SSSR count). The monoisotopic (exact) mass is 480 g/mol. The van der Waals surface area contributed by atoms with Crippen molar-refractivity contribution >= 4 is 29.6 Å². The van der Waals surface area contributed by atoms with Gasteiger partial charge < -0.3 is 28.4 Å². The first-order valence-electron chi connectivity index (χ1n) is 9.58. The molecule has 0 N–H and O–H groups in total. The summed E-state index contributed by atoms with van der Waals surface area (Å²) in [4.78, 5) is 57.9. The number of carbonyl (C=O) groups excluding carboxylic acids is 4. The van der Waals surface area contributed by atoms with Gasteiger partial charge in [-0.25, -0.2) is 4.79 Å². The third-order valence-corrected chi connectivity index (χ3v) is 4.37. The van der Waals surface area contributed by atoms with E-state index in [-0.39, 0.29) is 11.3 Å². The number of hydrogen-bond acceptors (Lipinski definition) is 13. The molecule has 0 bridgehead atoms. The minimum atomic E-state index is -1.68. The summed E-state index contributed by atoms with van der Waals surface area (Å²) in [6.45, 7) is 3.10. The zero-order chi connectivity index (χ0) is 25.6. The normalized spacial score (nSPS) is 23.6. The summed E-state index contributed by atoms with van der Waals surface area (Å²) < 4.78 is 31.4. The molecule has 14 nitrogen and oxygen atoms in total. The number of ether oxygens (including phenoxy) is 6. The summed E-state index contributed by atoms with van der Waals surface area (Å²) in [6, 6.07) is 4.81. The molecule has 0 aromatic heterocycles. The molecule has 34 heavy (non-hydrogen) atoms. The van der Waals surface area contributed by atoms with Gasteiger partial charge in [0.1, 0.15) is 17.4 Å². The molecule has 14 heteroatoms. The first-order valence-corrected chi connectivity index (χ1v) is 9.58. The van der Waals surface area contributed by atoms with Crippen LogP contribution < -0.4 is 4.74 Å². The van der Waals surface area contributed by atoms with E-state index in [2.05, 4.69) is 4.74 Å². The molecule has 1 aliphatic rings. The van der Waals surface area contributed by atoms with Crippen LogP contribution in [0.3, 0.4) is 0 Å². The Hall–Kier alpha value is -4.25. The van der Waals surface area contributed by atoms with E-state index in [0.29, 0.717) is 0 Å². The Morgan fingerprint density at radius 2 is 1.56 bits per heavy atom. The lowest BCUT2D eigenvalue weighted by atomic mass is 9.97. The van der Waals surface area contributed by atoms with Crippen LogP contribution in [0.1, 0.15) is 26.3 Å².